The van der Waals surface area contributed by atoms with Gasteiger partial charge in [0.05, 0.1) is 12.7 Å². The number of carbonyl (C=O) groups excluding carboxylic acids is 1. The Labute approximate surface area is 71.5 Å². The maximum absolute atomic E-state index is 11.3. The lowest BCUT2D eigenvalue weighted by atomic mass is 9.77. The van der Waals surface area contributed by atoms with Crippen LogP contribution in [0.2, 0.25) is 0 Å². The number of hydrogen-bond acceptors (Lipinski definition) is 4. The fraction of sp³-hybridized carbons (Fsp3) is 0.875. The molecule has 0 bridgehead atoms. The number of ether oxygens (including phenoxy) is 2. The second-order valence-corrected chi connectivity index (χ2v) is 2.98. The minimum absolute atomic E-state index is 0.347. The molecule has 1 N–H and O–H groups in total. The summed E-state index contributed by atoms with van der Waals surface area (Å²) in [5.74, 6) is -0.363. The van der Waals surface area contributed by atoms with E-state index in [9.17, 15) is 4.79 Å². The molecule has 0 aromatic heterocycles. The van der Waals surface area contributed by atoms with Crippen molar-refractivity contribution in [1.82, 2.24) is 0 Å². The van der Waals surface area contributed by atoms with Gasteiger partial charge in [0.15, 0.2) is 5.60 Å². The Bertz CT molecular complexity index is 172. The highest BCUT2D eigenvalue weighted by molar-refractivity contribution is 5.81. The van der Waals surface area contributed by atoms with Crippen LogP contribution in [0.3, 0.4) is 0 Å². The molecule has 0 aromatic rings. The van der Waals surface area contributed by atoms with Crippen LogP contribution in [0, 0.1) is 0 Å². The van der Waals surface area contributed by atoms with Crippen LogP contribution in [0.5, 0.6) is 0 Å². The van der Waals surface area contributed by atoms with Gasteiger partial charge in [0.1, 0.15) is 0 Å². The first-order valence-corrected chi connectivity index (χ1v) is 4.05. The van der Waals surface area contributed by atoms with Gasteiger partial charge in [0, 0.05) is 20.0 Å². The average molecular weight is 174 g/mol. The van der Waals surface area contributed by atoms with Crippen LogP contribution < -0.4 is 0 Å². The highest BCUT2D eigenvalue weighted by atomic mass is 16.6. The summed E-state index contributed by atoms with van der Waals surface area (Å²) in [6.45, 7) is 2.09. The molecule has 4 nitrogen and oxygen atoms in total. The Morgan fingerprint density at radius 1 is 1.67 bits per heavy atom. The van der Waals surface area contributed by atoms with Crippen LogP contribution in [-0.2, 0) is 14.3 Å². The first kappa shape index (κ1) is 9.48. The topological polar surface area (TPSA) is 55.8 Å². The van der Waals surface area contributed by atoms with E-state index >= 15 is 0 Å². The van der Waals surface area contributed by atoms with Gasteiger partial charge in [-0.05, 0) is 6.92 Å². The van der Waals surface area contributed by atoms with Crippen molar-refractivity contribution < 1.29 is 19.4 Å². The van der Waals surface area contributed by atoms with E-state index in [1.807, 2.05) is 0 Å². The van der Waals surface area contributed by atoms with Crippen molar-refractivity contribution in [3.63, 3.8) is 0 Å². The Kier molecular flexibility index (Phi) is 2.69. The predicted molar refractivity (Wildman–Crippen MR) is 41.6 cm³/mol. The average Bonchev–Trinajstić information content (AvgIpc) is 1.98. The summed E-state index contributed by atoms with van der Waals surface area (Å²) in [6.07, 6.45) is 0.277. The van der Waals surface area contributed by atoms with E-state index in [1.165, 1.54) is 7.11 Å². The predicted octanol–water partition coefficient (Wildman–Crippen LogP) is 0.0894. The van der Waals surface area contributed by atoms with Crippen LogP contribution in [0.4, 0.5) is 0 Å². The Morgan fingerprint density at radius 3 is 2.58 bits per heavy atom. The minimum atomic E-state index is -0.866. The molecule has 0 heterocycles. The van der Waals surface area contributed by atoms with Gasteiger partial charge in [-0.2, -0.15) is 0 Å². The molecule has 70 valence electrons. The first-order chi connectivity index (χ1) is 5.64. The number of methoxy groups -OCH3 is 1. The summed E-state index contributed by atoms with van der Waals surface area (Å²) in [5.41, 5.74) is -0.866. The summed E-state index contributed by atoms with van der Waals surface area (Å²) in [6, 6.07) is 0. The van der Waals surface area contributed by atoms with Crippen molar-refractivity contribution in [3.8, 4) is 0 Å². The Hall–Kier alpha value is -0.610. The Balaban J connectivity index is 2.51. The third kappa shape index (κ3) is 1.44. The van der Waals surface area contributed by atoms with E-state index < -0.39 is 11.7 Å². The minimum Gasteiger partial charge on any atom is -0.464 e. The van der Waals surface area contributed by atoms with Gasteiger partial charge in [0.25, 0.3) is 0 Å². The van der Waals surface area contributed by atoms with E-state index in [-0.39, 0.29) is 5.97 Å². The lowest BCUT2D eigenvalue weighted by Crippen LogP contribution is -2.55. The lowest BCUT2D eigenvalue weighted by molar-refractivity contribution is -0.194. The number of carbonyl (C=O) groups is 1. The van der Waals surface area contributed by atoms with Crippen molar-refractivity contribution in [2.24, 2.45) is 0 Å². The first-order valence-electron chi connectivity index (χ1n) is 4.05. The Morgan fingerprint density at radius 2 is 2.25 bits per heavy atom. The molecule has 12 heavy (non-hydrogen) atoms. The summed E-state index contributed by atoms with van der Waals surface area (Å²) in [5, 5.41) is 9.04. The smallest absolute Gasteiger partial charge is 0.338 e. The second-order valence-electron chi connectivity index (χ2n) is 2.98. The van der Waals surface area contributed by atoms with E-state index in [0.29, 0.717) is 19.4 Å². The van der Waals surface area contributed by atoms with Crippen molar-refractivity contribution in [2.75, 3.05) is 13.7 Å². The molecule has 0 aliphatic heterocycles. The molecule has 0 radical (unpaired) electrons. The molecule has 0 aromatic carbocycles. The molecule has 4 heteroatoms. The molecule has 0 saturated heterocycles. The molecular formula is C8H14O4. The highest BCUT2D eigenvalue weighted by Crippen LogP contribution is 2.36. The van der Waals surface area contributed by atoms with E-state index in [4.69, 9.17) is 14.6 Å². The van der Waals surface area contributed by atoms with Gasteiger partial charge in [-0.3, -0.25) is 0 Å². The number of esters is 1. The fourth-order valence-corrected chi connectivity index (χ4v) is 1.38. The number of hydrogen-bond donors (Lipinski definition) is 1. The summed E-state index contributed by atoms with van der Waals surface area (Å²) in [4.78, 5) is 11.3. The SMILES string of the molecule is CCOC(=O)C1(OC)CC(O)C1. The maximum Gasteiger partial charge on any atom is 0.338 e. The van der Waals surface area contributed by atoms with Crippen molar-refractivity contribution in [2.45, 2.75) is 31.5 Å². The van der Waals surface area contributed by atoms with Gasteiger partial charge >= 0.3 is 5.97 Å². The monoisotopic (exact) mass is 174 g/mol. The van der Waals surface area contributed by atoms with Crippen LogP contribution in [0.1, 0.15) is 19.8 Å². The third-order valence-corrected chi connectivity index (χ3v) is 2.17. The molecule has 1 rings (SSSR count). The molecule has 0 unspecified atom stereocenters. The molecule has 0 spiro atoms. The highest BCUT2D eigenvalue weighted by Gasteiger charge is 2.51. The van der Waals surface area contributed by atoms with Crippen molar-refractivity contribution >= 4 is 5.97 Å². The van der Waals surface area contributed by atoms with E-state index in [2.05, 4.69) is 0 Å². The zero-order valence-corrected chi connectivity index (χ0v) is 7.37. The van der Waals surface area contributed by atoms with Crippen molar-refractivity contribution in [1.29, 1.82) is 0 Å². The molecule has 0 amide bonds. The zero-order chi connectivity index (χ0) is 9.19. The molecule has 1 fully saturated rings. The molecule has 1 aliphatic rings. The van der Waals surface area contributed by atoms with Crippen LogP contribution >= 0.6 is 0 Å². The third-order valence-electron chi connectivity index (χ3n) is 2.17. The van der Waals surface area contributed by atoms with Crippen molar-refractivity contribution in [3.05, 3.63) is 0 Å². The lowest BCUT2D eigenvalue weighted by Gasteiger charge is -2.41. The molecule has 1 aliphatic carbocycles. The molecular weight excluding hydrogens is 160 g/mol. The zero-order valence-electron chi connectivity index (χ0n) is 7.37. The van der Waals surface area contributed by atoms with E-state index in [0.717, 1.165) is 0 Å². The number of rotatable bonds is 3. The standard InChI is InChI=1S/C8H14O4/c1-3-12-7(10)8(11-2)4-6(9)5-8/h6,9H,3-5H2,1-2H3. The van der Waals surface area contributed by atoms with E-state index in [1.54, 1.807) is 6.92 Å². The molecule has 1 saturated carbocycles. The van der Waals surface area contributed by atoms with Gasteiger partial charge < -0.3 is 14.6 Å². The van der Waals surface area contributed by atoms with Crippen LogP contribution in [0.15, 0.2) is 0 Å². The summed E-state index contributed by atoms with van der Waals surface area (Å²) < 4.78 is 9.84. The normalized spacial score (nSPS) is 34.1. The van der Waals surface area contributed by atoms with Crippen LogP contribution in [-0.4, -0.2) is 36.5 Å². The van der Waals surface area contributed by atoms with Gasteiger partial charge in [-0.1, -0.05) is 0 Å². The van der Waals surface area contributed by atoms with Crippen LogP contribution in [0.25, 0.3) is 0 Å². The quantitative estimate of drug-likeness (QED) is 0.616. The number of aliphatic hydroxyl groups excluding tert-OH is 1. The molecule has 0 atom stereocenters. The largest absolute Gasteiger partial charge is 0.464 e. The summed E-state index contributed by atoms with van der Waals surface area (Å²) >= 11 is 0. The van der Waals surface area contributed by atoms with Gasteiger partial charge in [0.2, 0.25) is 0 Å². The summed E-state index contributed by atoms with van der Waals surface area (Å²) in [7, 11) is 1.46. The van der Waals surface area contributed by atoms with Gasteiger partial charge in [-0.15, -0.1) is 0 Å². The number of aliphatic hydroxyl groups is 1. The fourth-order valence-electron chi connectivity index (χ4n) is 1.38. The second kappa shape index (κ2) is 3.41. The van der Waals surface area contributed by atoms with Gasteiger partial charge in [-0.25, -0.2) is 4.79 Å². The maximum atomic E-state index is 11.3.